The summed E-state index contributed by atoms with van der Waals surface area (Å²) in [5, 5.41) is 9.57. The molecular formula is C21H25N3O3. The maximum absolute atomic E-state index is 12.7. The molecule has 2 aromatic rings. The van der Waals surface area contributed by atoms with Crippen LogP contribution in [0.25, 0.3) is 0 Å². The Morgan fingerprint density at radius 3 is 2.37 bits per heavy atom. The van der Waals surface area contributed by atoms with Crippen LogP contribution in [0.1, 0.15) is 23.5 Å². The average Bonchev–Trinajstić information content (AvgIpc) is 3.13. The van der Waals surface area contributed by atoms with E-state index in [9.17, 15) is 14.7 Å². The highest BCUT2D eigenvalue weighted by Crippen LogP contribution is 2.33. The minimum atomic E-state index is -0.855. The second kappa shape index (κ2) is 8.20. The summed E-state index contributed by atoms with van der Waals surface area (Å²) in [5.74, 6) is -1.61. The average molecular weight is 367 g/mol. The lowest BCUT2D eigenvalue weighted by molar-refractivity contribution is -0.141. The van der Waals surface area contributed by atoms with E-state index in [0.717, 1.165) is 16.8 Å². The molecule has 1 saturated heterocycles. The van der Waals surface area contributed by atoms with Crippen LogP contribution < -0.4 is 4.90 Å². The SMILES string of the molecule is CN(C)c1ccc(CCC(=O)N2C[C@@H](C(=O)O)[C@H](c3ccncc3)C2)cc1. The lowest BCUT2D eigenvalue weighted by Gasteiger charge is -2.17. The summed E-state index contributed by atoms with van der Waals surface area (Å²) in [6.07, 6.45) is 4.36. The van der Waals surface area contributed by atoms with Crippen molar-refractivity contribution in [3.63, 3.8) is 0 Å². The first-order chi connectivity index (χ1) is 13.0. The predicted molar refractivity (Wildman–Crippen MR) is 104 cm³/mol. The van der Waals surface area contributed by atoms with Crippen molar-refractivity contribution in [1.29, 1.82) is 0 Å². The fourth-order valence-corrected chi connectivity index (χ4v) is 3.58. The molecule has 1 aromatic carbocycles. The van der Waals surface area contributed by atoms with E-state index in [0.29, 0.717) is 19.4 Å². The number of aliphatic carboxylic acids is 1. The van der Waals surface area contributed by atoms with Crippen molar-refractivity contribution in [2.75, 3.05) is 32.1 Å². The second-order valence-electron chi connectivity index (χ2n) is 7.19. The number of amides is 1. The number of carbonyl (C=O) groups is 2. The van der Waals surface area contributed by atoms with E-state index in [2.05, 4.69) is 4.98 Å². The molecule has 0 saturated carbocycles. The topological polar surface area (TPSA) is 73.7 Å². The number of anilines is 1. The zero-order chi connectivity index (χ0) is 19.4. The van der Waals surface area contributed by atoms with Gasteiger partial charge >= 0.3 is 5.97 Å². The third-order valence-corrected chi connectivity index (χ3v) is 5.20. The van der Waals surface area contributed by atoms with E-state index in [1.807, 2.05) is 55.4 Å². The number of benzene rings is 1. The molecule has 0 unspecified atom stereocenters. The van der Waals surface area contributed by atoms with Crippen LogP contribution >= 0.6 is 0 Å². The summed E-state index contributed by atoms with van der Waals surface area (Å²) in [4.78, 5) is 32.0. The number of likely N-dealkylation sites (tertiary alicyclic amines) is 1. The Morgan fingerprint density at radius 1 is 1.11 bits per heavy atom. The summed E-state index contributed by atoms with van der Waals surface area (Å²) in [6, 6.07) is 11.8. The van der Waals surface area contributed by atoms with Crippen LogP contribution in [0.3, 0.4) is 0 Å². The van der Waals surface area contributed by atoms with E-state index in [1.54, 1.807) is 17.3 Å². The van der Waals surface area contributed by atoms with Gasteiger partial charge in [0.05, 0.1) is 5.92 Å². The third kappa shape index (κ3) is 4.45. The van der Waals surface area contributed by atoms with Gasteiger partial charge in [-0.05, 0) is 41.8 Å². The van der Waals surface area contributed by atoms with Crippen LogP contribution in [-0.4, -0.2) is 54.1 Å². The van der Waals surface area contributed by atoms with Crippen LogP contribution in [0.15, 0.2) is 48.8 Å². The Labute approximate surface area is 159 Å². The minimum absolute atomic E-state index is 0.00879. The van der Waals surface area contributed by atoms with Gasteiger partial charge in [0.2, 0.25) is 5.91 Å². The molecule has 2 atom stereocenters. The summed E-state index contributed by atoms with van der Waals surface area (Å²) in [5.41, 5.74) is 3.15. The Kier molecular flexibility index (Phi) is 5.74. The van der Waals surface area contributed by atoms with Gasteiger partial charge in [0.25, 0.3) is 0 Å². The van der Waals surface area contributed by atoms with Gasteiger partial charge in [-0.3, -0.25) is 14.6 Å². The molecule has 1 aliphatic heterocycles. The first kappa shape index (κ1) is 18.9. The number of hydrogen-bond donors (Lipinski definition) is 1. The van der Waals surface area contributed by atoms with Gasteiger partial charge < -0.3 is 14.9 Å². The van der Waals surface area contributed by atoms with Crippen LogP contribution in [0.2, 0.25) is 0 Å². The molecule has 1 N–H and O–H groups in total. The Morgan fingerprint density at radius 2 is 1.78 bits per heavy atom. The molecule has 0 spiro atoms. The highest BCUT2D eigenvalue weighted by molar-refractivity contribution is 5.80. The monoisotopic (exact) mass is 367 g/mol. The van der Waals surface area contributed by atoms with Gasteiger partial charge in [-0.25, -0.2) is 0 Å². The number of carboxylic acids is 1. The summed E-state index contributed by atoms with van der Waals surface area (Å²) < 4.78 is 0. The predicted octanol–water partition coefficient (Wildman–Crippen LogP) is 2.41. The van der Waals surface area contributed by atoms with Crippen molar-refractivity contribution in [2.45, 2.75) is 18.8 Å². The number of rotatable bonds is 6. The molecular weight excluding hydrogens is 342 g/mol. The molecule has 0 bridgehead atoms. The lowest BCUT2D eigenvalue weighted by atomic mass is 9.90. The highest BCUT2D eigenvalue weighted by Gasteiger charge is 2.40. The zero-order valence-corrected chi connectivity index (χ0v) is 15.7. The molecule has 1 aliphatic rings. The molecule has 1 amide bonds. The number of nitrogens with zero attached hydrogens (tertiary/aromatic N) is 3. The Hall–Kier alpha value is -2.89. The van der Waals surface area contributed by atoms with Gasteiger partial charge in [-0.15, -0.1) is 0 Å². The van der Waals surface area contributed by atoms with Gasteiger partial charge in [-0.2, -0.15) is 0 Å². The maximum atomic E-state index is 12.7. The standard InChI is InChI=1S/C21H25N3O3/c1-23(2)17-6-3-15(4-7-17)5-8-20(25)24-13-18(19(14-24)21(26)27)16-9-11-22-12-10-16/h3-4,6-7,9-12,18-19H,5,8,13-14H2,1-2H3,(H,26,27)/t18-,19+/m0/s1. The molecule has 6 heteroatoms. The van der Waals surface area contributed by atoms with Gasteiger partial charge in [0.1, 0.15) is 0 Å². The maximum Gasteiger partial charge on any atom is 0.308 e. The minimum Gasteiger partial charge on any atom is -0.481 e. The number of aromatic nitrogens is 1. The largest absolute Gasteiger partial charge is 0.481 e. The second-order valence-corrected chi connectivity index (χ2v) is 7.19. The Bertz CT molecular complexity index is 790. The highest BCUT2D eigenvalue weighted by atomic mass is 16.4. The van der Waals surface area contributed by atoms with Crippen LogP contribution in [0, 0.1) is 5.92 Å². The van der Waals surface area contributed by atoms with Crippen molar-refractivity contribution in [1.82, 2.24) is 9.88 Å². The van der Waals surface area contributed by atoms with E-state index < -0.39 is 11.9 Å². The van der Waals surface area contributed by atoms with E-state index in [1.165, 1.54) is 0 Å². The summed E-state index contributed by atoms with van der Waals surface area (Å²) in [7, 11) is 3.98. The zero-order valence-electron chi connectivity index (χ0n) is 15.7. The van der Waals surface area contributed by atoms with Gasteiger partial charge in [0, 0.05) is 57.6 Å². The third-order valence-electron chi connectivity index (χ3n) is 5.20. The van der Waals surface area contributed by atoms with Crippen LogP contribution in [0.5, 0.6) is 0 Å². The molecule has 27 heavy (non-hydrogen) atoms. The van der Waals surface area contributed by atoms with Crippen molar-refractivity contribution >= 4 is 17.6 Å². The van der Waals surface area contributed by atoms with Crippen molar-refractivity contribution in [2.24, 2.45) is 5.92 Å². The molecule has 0 aliphatic carbocycles. The first-order valence-corrected chi connectivity index (χ1v) is 9.12. The molecule has 142 valence electrons. The van der Waals surface area contributed by atoms with E-state index in [4.69, 9.17) is 0 Å². The number of hydrogen-bond acceptors (Lipinski definition) is 4. The lowest BCUT2D eigenvalue weighted by Crippen LogP contribution is -2.30. The quantitative estimate of drug-likeness (QED) is 0.849. The fraction of sp³-hybridized carbons (Fsp3) is 0.381. The van der Waals surface area contributed by atoms with E-state index in [-0.39, 0.29) is 18.4 Å². The summed E-state index contributed by atoms with van der Waals surface area (Å²) in [6.45, 7) is 0.708. The van der Waals surface area contributed by atoms with E-state index >= 15 is 0 Å². The van der Waals surface area contributed by atoms with Gasteiger partial charge in [-0.1, -0.05) is 12.1 Å². The molecule has 3 rings (SSSR count). The number of pyridine rings is 1. The first-order valence-electron chi connectivity index (χ1n) is 9.12. The van der Waals surface area contributed by atoms with Crippen molar-refractivity contribution < 1.29 is 14.7 Å². The number of aryl methyl sites for hydroxylation is 1. The van der Waals surface area contributed by atoms with Crippen LogP contribution in [0.4, 0.5) is 5.69 Å². The normalized spacial score (nSPS) is 19.1. The van der Waals surface area contributed by atoms with Crippen molar-refractivity contribution in [3.8, 4) is 0 Å². The van der Waals surface area contributed by atoms with Crippen LogP contribution in [-0.2, 0) is 16.0 Å². The molecule has 0 radical (unpaired) electrons. The molecule has 1 aromatic heterocycles. The summed E-state index contributed by atoms with van der Waals surface area (Å²) >= 11 is 0. The van der Waals surface area contributed by atoms with Crippen molar-refractivity contribution in [3.05, 3.63) is 59.9 Å². The fourth-order valence-electron chi connectivity index (χ4n) is 3.58. The number of carboxylic acid groups (broad SMARTS) is 1. The molecule has 2 heterocycles. The Balaban J connectivity index is 1.62. The number of carbonyl (C=O) groups excluding carboxylic acids is 1. The molecule has 6 nitrogen and oxygen atoms in total. The van der Waals surface area contributed by atoms with Gasteiger partial charge in [0.15, 0.2) is 0 Å². The molecule has 1 fully saturated rings. The smallest absolute Gasteiger partial charge is 0.308 e.